The lowest BCUT2D eigenvalue weighted by atomic mass is 9.83. The summed E-state index contributed by atoms with van der Waals surface area (Å²) in [6.07, 6.45) is 6.82. The molecule has 4 nitrogen and oxygen atoms in total. The summed E-state index contributed by atoms with van der Waals surface area (Å²) < 4.78 is 7.25. The van der Waals surface area contributed by atoms with Gasteiger partial charge in [0.1, 0.15) is 0 Å². The SMILES string of the molecule is CCC1(CNCc2c(C)nn(C)c2OC)CCCC1. The van der Waals surface area contributed by atoms with Crippen LogP contribution in [0.5, 0.6) is 5.88 Å². The molecule has 1 aromatic rings. The molecule has 19 heavy (non-hydrogen) atoms. The first kappa shape index (κ1) is 14.4. The molecular weight excluding hydrogens is 238 g/mol. The second kappa shape index (κ2) is 5.95. The highest BCUT2D eigenvalue weighted by Gasteiger charge is 2.31. The van der Waals surface area contributed by atoms with Crippen molar-refractivity contribution in [3.8, 4) is 5.88 Å². The van der Waals surface area contributed by atoms with Crippen LogP contribution in [0.3, 0.4) is 0 Å². The Bertz CT molecular complexity index is 419. The van der Waals surface area contributed by atoms with Gasteiger partial charge in [0, 0.05) is 20.1 Å². The number of ether oxygens (including phenoxy) is 1. The summed E-state index contributed by atoms with van der Waals surface area (Å²) in [6, 6.07) is 0. The minimum absolute atomic E-state index is 0.531. The van der Waals surface area contributed by atoms with Crippen LogP contribution < -0.4 is 10.1 Å². The smallest absolute Gasteiger partial charge is 0.216 e. The van der Waals surface area contributed by atoms with E-state index in [0.29, 0.717) is 5.41 Å². The third-order valence-electron chi connectivity index (χ3n) is 4.70. The first-order chi connectivity index (χ1) is 9.12. The molecule has 0 atom stereocenters. The fourth-order valence-corrected chi connectivity index (χ4v) is 3.37. The maximum Gasteiger partial charge on any atom is 0.216 e. The van der Waals surface area contributed by atoms with E-state index in [9.17, 15) is 0 Å². The van der Waals surface area contributed by atoms with E-state index in [1.807, 2.05) is 18.7 Å². The van der Waals surface area contributed by atoms with Crippen LogP contribution >= 0.6 is 0 Å². The Morgan fingerprint density at radius 1 is 1.37 bits per heavy atom. The van der Waals surface area contributed by atoms with Crippen LogP contribution in [-0.4, -0.2) is 23.4 Å². The average Bonchev–Trinajstić information content (AvgIpc) is 2.96. The Labute approximate surface area is 116 Å². The molecule has 0 aromatic carbocycles. The van der Waals surface area contributed by atoms with E-state index >= 15 is 0 Å². The first-order valence-corrected chi connectivity index (χ1v) is 7.39. The van der Waals surface area contributed by atoms with Crippen molar-refractivity contribution in [2.75, 3.05) is 13.7 Å². The summed E-state index contributed by atoms with van der Waals surface area (Å²) in [5.41, 5.74) is 2.78. The Balaban J connectivity index is 1.95. The summed E-state index contributed by atoms with van der Waals surface area (Å²) >= 11 is 0. The minimum atomic E-state index is 0.531. The van der Waals surface area contributed by atoms with Gasteiger partial charge in [0.2, 0.25) is 5.88 Å². The molecule has 1 aliphatic carbocycles. The normalized spacial score (nSPS) is 17.9. The fourth-order valence-electron chi connectivity index (χ4n) is 3.37. The second-order valence-electron chi connectivity index (χ2n) is 5.86. The lowest BCUT2D eigenvalue weighted by Crippen LogP contribution is -2.31. The molecule has 1 heterocycles. The van der Waals surface area contributed by atoms with Gasteiger partial charge in [-0.25, -0.2) is 4.68 Å². The highest BCUT2D eigenvalue weighted by molar-refractivity contribution is 5.30. The molecule has 1 saturated carbocycles. The Morgan fingerprint density at radius 2 is 2.05 bits per heavy atom. The highest BCUT2D eigenvalue weighted by atomic mass is 16.5. The molecule has 0 amide bonds. The van der Waals surface area contributed by atoms with Crippen LogP contribution in [0, 0.1) is 12.3 Å². The van der Waals surface area contributed by atoms with Crippen molar-refractivity contribution < 1.29 is 4.74 Å². The molecule has 0 radical (unpaired) electrons. The molecule has 2 rings (SSSR count). The van der Waals surface area contributed by atoms with E-state index < -0.39 is 0 Å². The van der Waals surface area contributed by atoms with Gasteiger partial charge >= 0.3 is 0 Å². The second-order valence-corrected chi connectivity index (χ2v) is 5.86. The van der Waals surface area contributed by atoms with Crippen LogP contribution in [0.4, 0.5) is 0 Å². The van der Waals surface area contributed by atoms with E-state index in [-0.39, 0.29) is 0 Å². The molecule has 1 fully saturated rings. The first-order valence-electron chi connectivity index (χ1n) is 7.39. The molecule has 0 unspecified atom stereocenters. The molecule has 1 aromatic heterocycles. The van der Waals surface area contributed by atoms with Crippen LogP contribution in [0.2, 0.25) is 0 Å². The zero-order valence-electron chi connectivity index (χ0n) is 12.8. The van der Waals surface area contributed by atoms with E-state index in [1.54, 1.807) is 7.11 Å². The van der Waals surface area contributed by atoms with Gasteiger partial charge in [-0.2, -0.15) is 5.10 Å². The van der Waals surface area contributed by atoms with Crippen LogP contribution in [0.25, 0.3) is 0 Å². The summed E-state index contributed by atoms with van der Waals surface area (Å²) in [4.78, 5) is 0. The third-order valence-corrected chi connectivity index (χ3v) is 4.70. The largest absolute Gasteiger partial charge is 0.481 e. The number of aromatic nitrogens is 2. The topological polar surface area (TPSA) is 39.1 Å². The van der Waals surface area contributed by atoms with E-state index in [4.69, 9.17) is 4.74 Å². The third kappa shape index (κ3) is 2.94. The van der Waals surface area contributed by atoms with E-state index in [0.717, 1.165) is 24.7 Å². The minimum Gasteiger partial charge on any atom is -0.481 e. The van der Waals surface area contributed by atoms with Crippen molar-refractivity contribution in [3.05, 3.63) is 11.3 Å². The van der Waals surface area contributed by atoms with Gasteiger partial charge < -0.3 is 10.1 Å². The van der Waals surface area contributed by atoms with Gasteiger partial charge in [-0.1, -0.05) is 19.8 Å². The average molecular weight is 265 g/mol. The molecule has 0 aliphatic heterocycles. The standard InChI is InChI=1S/C15H27N3O/c1-5-15(8-6-7-9-15)11-16-10-13-12(2)17-18(3)14(13)19-4/h16H,5-11H2,1-4H3. The molecule has 0 bridgehead atoms. The van der Waals surface area contributed by atoms with Crippen LogP contribution in [0.1, 0.15) is 50.3 Å². The summed E-state index contributed by atoms with van der Waals surface area (Å²) in [5, 5.41) is 8.05. The molecule has 4 heteroatoms. The number of hydrogen-bond acceptors (Lipinski definition) is 3. The zero-order chi connectivity index (χ0) is 13.9. The monoisotopic (exact) mass is 265 g/mol. The van der Waals surface area contributed by atoms with Crippen molar-refractivity contribution in [2.45, 2.75) is 52.5 Å². The van der Waals surface area contributed by atoms with Gasteiger partial charge in [0.05, 0.1) is 18.4 Å². The number of methoxy groups -OCH3 is 1. The van der Waals surface area contributed by atoms with Crippen molar-refractivity contribution in [1.82, 2.24) is 15.1 Å². The zero-order valence-corrected chi connectivity index (χ0v) is 12.8. The summed E-state index contributed by atoms with van der Waals surface area (Å²) in [6.45, 7) is 6.33. The Morgan fingerprint density at radius 3 is 2.63 bits per heavy atom. The summed E-state index contributed by atoms with van der Waals surface area (Å²) in [5.74, 6) is 0.877. The quantitative estimate of drug-likeness (QED) is 0.859. The molecule has 108 valence electrons. The fraction of sp³-hybridized carbons (Fsp3) is 0.800. The molecule has 1 N–H and O–H groups in total. The number of rotatable bonds is 6. The molecular formula is C15H27N3O. The molecule has 1 aliphatic rings. The van der Waals surface area contributed by atoms with Gasteiger partial charge in [-0.15, -0.1) is 0 Å². The van der Waals surface area contributed by atoms with E-state index in [1.165, 1.54) is 37.7 Å². The number of aryl methyl sites for hydroxylation is 2. The van der Waals surface area contributed by atoms with Crippen molar-refractivity contribution in [3.63, 3.8) is 0 Å². The van der Waals surface area contributed by atoms with Gasteiger partial charge in [0.15, 0.2) is 0 Å². The predicted octanol–water partition coefficient (Wildman–Crippen LogP) is 2.80. The van der Waals surface area contributed by atoms with Crippen molar-refractivity contribution in [1.29, 1.82) is 0 Å². The van der Waals surface area contributed by atoms with Crippen molar-refractivity contribution in [2.24, 2.45) is 12.5 Å². The lowest BCUT2D eigenvalue weighted by molar-refractivity contribution is 0.267. The van der Waals surface area contributed by atoms with Crippen molar-refractivity contribution >= 4 is 0 Å². The maximum absolute atomic E-state index is 5.43. The lowest BCUT2D eigenvalue weighted by Gasteiger charge is -2.27. The number of nitrogens with one attached hydrogen (secondary N) is 1. The Hall–Kier alpha value is -1.03. The maximum atomic E-state index is 5.43. The highest BCUT2D eigenvalue weighted by Crippen LogP contribution is 2.40. The molecule has 0 saturated heterocycles. The van der Waals surface area contributed by atoms with E-state index in [2.05, 4.69) is 17.3 Å². The van der Waals surface area contributed by atoms with Gasteiger partial charge in [-0.3, -0.25) is 0 Å². The van der Waals surface area contributed by atoms with Gasteiger partial charge in [0.25, 0.3) is 0 Å². The molecule has 0 spiro atoms. The number of nitrogens with zero attached hydrogens (tertiary/aromatic N) is 2. The van der Waals surface area contributed by atoms with Gasteiger partial charge in [-0.05, 0) is 31.6 Å². The van der Waals surface area contributed by atoms with Crippen LogP contribution in [-0.2, 0) is 13.6 Å². The predicted molar refractivity (Wildman–Crippen MR) is 77.4 cm³/mol. The summed E-state index contributed by atoms with van der Waals surface area (Å²) in [7, 11) is 3.64. The number of hydrogen-bond donors (Lipinski definition) is 1. The Kier molecular flexibility index (Phi) is 4.50. The van der Waals surface area contributed by atoms with Crippen LogP contribution in [0.15, 0.2) is 0 Å².